The number of rotatable bonds is 5. The Labute approximate surface area is 130 Å². The lowest BCUT2D eigenvalue weighted by molar-refractivity contribution is -0.0109. The van der Waals surface area contributed by atoms with E-state index in [2.05, 4.69) is 34.7 Å². The van der Waals surface area contributed by atoms with Gasteiger partial charge in [-0.15, -0.1) is 0 Å². The third-order valence-corrected chi connectivity index (χ3v) is 4.45. The Bertz CT molecular complexity index is 438. The van der Waals surface area contributed by atoms with E-state index < -0.39 is 0 Å². The van der Waals surface area contributed by atoms with Crippen LogP contribution in [-0.4, -0.2) is 35.8 Å². The number of halogens is 1. The minimum atomic E-state index is 0.209. The van der Waals surface area contributed by atoms with Crippen LogP contribution in [0, 0.1) is 0 Å². The largest absolute Gasteiger partial charge is 0.508 e. The first kappa shape index (κ1) is 15.8. The zero-order valence-electron chi connectivity index (χ0n) is 12.3. The Morgan fingerprint density at radius 1 is 1.50 bits per heavy atom. The standard InChI is InChI=1S/C16H24BrNO2/c1-3-9-20-14-5-4-8-18(11-14)12(2)15-10-13(17)6-7-16(15)19/h6-7,10,12,14,19H,3-5,8-9,11H2,1-2H3. The SMILES string of the molecule is CCCOC1CCCN(C(C)c2cc(Br)ccc2O)C1. The molecule has 0 spiro atoms. The molecular weight excluding hydrogens is 318 g/mol. The molecule has 1 saturated heterocycles. The second-order valence-electron chi connectivity index (χ2n) is 5.51. The number of likely N-dealkylation sites (tertiary alicyclic amines) is 1. The third-order valence-electron chi connectivity index (χ3n) is 3.95. The van der Waals surface area contributed by atoms with Crippen molar-refractivity contribution in [3.8, 4) is 5.75 Å². The van der Waals surface area contributed by atoms with Gasteiger partial charge in [-0.25, -0.2) is 0 Å². The number of hydrogen-bond acceptors (Lipinski definition) is 3. The lowest BCUT2D eigenvalue weighted by Gasteiger charge is -2.37. The average molecular weight is 342 g/mol. The average Bonchev–Trinajstić information content (AvgIpc) is 2.47. The topological polar surface area (TPSA) is 32.7 Å². The zero-order valence-corrected chi connectivity index (χ0v) is 13.9. The van der Waals surface area contributed by atoms with Crippen molar-refractivity contribution in [1.82, 2.24) is 4.90 Å². The molecule has 0 radical (unpaired) electrons. The van der Waals surface area contributed by atoms with Crippen molar-refractivity contribution in [3.63, 3.8) is 0 Å². The summed E-state index contributed by atoms with van der Waals surface area (Å²) in [7, 11) is 0. The van der Waals surface area contributed by atoms with E-state index in [0.29, 0.717) is 11.9 Å². The fourth-order valence-electron chi connectivity index (χ4n) is 2.80. The molecule has 112 valence electrons. The van der Waals surface area contributed by atoms with Crippen molar-refractivity contribution in [1.29, 1.82) is 0 Å². The molecule has 1 aromatic carbocycles. The lowest BCUT2D eigenvalue weighted by atomic mass is 10.0. The second-order valence-corrected chi connectivity index (χ2v) is 6.42. The normalized spacial score (nSPS) is 21.9. The molecule has 0 aliphatic carbocycles. The number of phenols is 1. The van der Waals surface area contributed by atoms with Gasteiger partial charge in [0.2, 0.25) is 0 Å². The third kappa shape index (κ3) is 3.96. The molecule has 20 heavy (non-hydrogen) atoms. The molecule has 1 heterocycles. The first-order chi connectivity index (χ1) is 9.61. The number of piperidine rings is 1. The summed E-state index contributed by atoms with van der Waals surface area (Å²) in [6, 6.07) is 5.84. The van der Waals surface area contributed by atoms with E-state index in [1.54, 1.807) is 6.07 Å². The Balaban J connectivity index is 2.04. The van der Waals surface area contributed by atoms with E-state index in [-0.39, 0.29) is 6.04 Å². The van der Waals surface area contributed by atoms with Crippen molar-refractivity contribution < 1.29 is 9.84 Å². The highest BCUT2D eigenvalue weighted by molar-refractivity contribution is 9.10. The predicted octanol–water partition coefficient (Wildman–Crippen LogP) is 4.11. The van der Waals surface area contributed by atoms with Gasteiger partial charge < -0.3 is 9.84 Å². The van der Waals surface area contributed by atoms with Gasteiger partial charge in [-0.2, -0.15) is 0 Å². The van der Waals surface area contributed by atoms with Crippen molar-refractivity contribution in [3.05, 3.63) is 28.2 Å². The van der Waals surface area contributed by atoms with Gasteiger partial charge in [-0.3, -0.25) is 4.90 Å². The summed E-state index contributed by atoms with van der Waals surface area (Å²) in [5, 5.41) is 10.1. The monoisotopic (exact) mass is 341 g/mol. The number of phenolic OH excluding ortho intramolecular Hbond substituents is 1. The molecule has 1 aromatic rings. The zero-order chi connectivity index (χ0) is 14.5. The van der Waals surface area contributed by atoms with Gasteiger partial charge in [0, 0.05) is 29.2 Å². The summed E-state index contributed by atoms with van der Waals surface area (Å²) in [6.45, 7) is 7.16. The van der Waals surface area contributed by atoms with Gasteiger partial charge in [-0.05, 0) is 50.9 Å². The molecule has 1 fully saturated rings. The van der Waals surface area contributed by atoms with Gasteiger partial charge >= 0.3 is 0 Å². The Morgan fingerprint density at radius 2 is 2.30 bits per heavy atom. The summed E-state index contributed by atoms with van der Waals surface area (Å²) in [6.07, 6.45) is 3.71. The van der Waals surface area contributed by atoms with E-state index in [1.807, 2.05) is 12.1 Å². The Kier molecular flexibility index (Phi) is 5.87. The molecule has 2 rings (SSSR count). The van der Waals surface area contributed by atoms with Gasteiger partial charge in [-0.1, -0.05) is 22.9 Å². The number of hydrogen-bond donors (Lipinski definition) is 1. The summed E-state index contributed by atoms with van der Waals surface area (Å²) in [4.78, 5) is 2.41. The van der Waals surface area contributed by atoms with E-state index in [1.165, 1.54) is 0 Å². The first-order valence-corrected chi connectivity index (χ1v) is 8.25. The summed E-state index contributed by atoms with van der Waals surface area (Å²) in [5.74, 6) is 0.373. The Hall–Kier alpha value is -0.580. The van der Waals surface area contributed by atoms with E-state index in [4.69, 9.17) is 4.74 Å². The summed E-state index contributed by atoms with van der Waals surface area (Å²) < 4.78 is 6.90. The lowest BCUT2D eigenvalue weighted by Crippen LogP contribution is -2.41. The van der Waals surface area contributed by atoms with Gasteiger partial charge in [0.25, 0.3) is 0 Å². The molecule has 2 atom stereocenters. The van der Waals surface area contributed by atoms with Crippen LogP contribution in [0.3, 0.4) is 0 Å². The van der Waals surface area contributed by atoms with E-state index in [9.17, 15) is 5.11 Å². The van der Waals surface area contributed by atoms with Gasteiger partial charge in [0.15, 0.2) is 0 Å². The van der Waals surface area contributed by atoms with E-state index >= 15 is 0 Å². The number of ether oxygens (including phenoxy) is 1. The van der Waals surface area contributed by atoms with Crippen LogP contribution >= 0.6 is 15.9 Å². The predicted molar refractivity (Wildman–Crippen MR) is 85.1 cm³/mol. The maximum atomic E-state index is 10.1. The first-order valence-electron chi connectivity index (χ1n) is 7.46. The van der Waals surface area contributed by atoms with Crippen LogP contribution < -0.4 is 0 Å². The molecule has 1 aliphatic heterocycles. The molecule has 4 heteroatoms. The van der Waals surface area contributed by atoms with Crippen molar-refractivity contribution >= 4 is 15.9 Å². The molecule has 1 N–H and O–H groups in total. The van der Waals surface area contributed by atoms with Crippen LogP contribution in [0.15, 0.2) is 22.7 Å². The molecular formula is C16H24BrNO2. The highest BCUT2D eigenvalue weighted by atomic mass is 79.9. The van der Waals surface area contributed by atoms with E-state index in [0.717, 1.165) is 49.0 Å². The minimum Gasteiger partial charge on any atom is -0.508 e. The fraction of sp³-hybridized carbons (Fsp3) is 0.625. The van der Waals surface area contributed by atoms with Crippen molar-refractivity contribution in [2.45, 2.75) is 45.3 Å². The molecule has 3 nitrogen and oxygen atoms in total. The maximum absolute atomic E-state index is 10.1. The fourth-order valence-corrected chi connectivity index (χ4v) is 3.17. The number of aromatic hydroxyl groups is 1. The minimum absolute atomic E-state index is 0.209. The van der Waals surface area contributed by atoms with Crippen LogP contribution in [0.5, 0.6) is 5.75 Å². The van der Waals surface area contributed by atoms with Crippen LogP contribution in [-0.2, 0) is 4.74 Å². The maximum Gasteiger partial charge on any atom is 0.120 e. The van der Waals surface area contributed by atoms with Crippen molar-refractivity contribution in [2.75, 3.05) is 19.7 Å². The van der Waals surface area contributed by atoms with Gasteiger partial charge in [0.05, 0.1) is 6.10 Å². The second kappa shape index (κ2) is 7.43. The van der Waals surface area contributed by atoms with Crippen molar-refractivity contribution in [2.24, 2.45) is 0 Å². The van der Waals surface area contributed by atoms with Crippen LogP contribution in [0.4, 0.5) is 0 Å². The smallest absolute Gasteiger partial charge is 0.120 e. The summed E-state index contributed by atoms with van der Waals surface area (Å²) >= 11 is 3.48. The van der Waals surface area contributed by atoms with Crippen LogP contribution in [0.1, 0.15) is 44.7 Å². The number of benzene rings is 1. The van der Waals surface area contributed by atoms with Gasteiger partial charge in [0.1, 0.15) is 5.75 Å². The molecule has 0 saturated carbocycles. The number of nitrogens with zero attached hydrogens (tertiary/aromatic N) is 1. The Morgan fingerprint density at radius 3 is 3.05 bits per heavy atom. The summed E-state index contributed by atoms with van der Waals surface area (Å²) in [5.41, 5.74) is 0.982. The molecule has 2 unspecified atom stereocenters. The molecule has 0 amide bonds. The molecule has 0 bridgehead atoms. The van der Waals surface area contributed by atoms with Crippen LogP contribution in [0.2, 0.25) is 0 Å². The highest BCUT2D eigenvalue weighted by Crippen LogP contribution is 2.32. The molecule has 0 aromatic heterocycles. The quantitative estimate of drug-likeness (QED) is 0.874. The molecule has 1 aliphatic rings. The van der Waals surface area contributed by atoms with Crippen LogP contribution in [0.25, 0.3) is 0 Å². The highest BCUT2D eigenvalue weighted by Gasteiger charge is 2.26.